The van der Waals surface area contributed by atoms with Crippen LogP contribution in [-0.4, -0.2) is 34.7 Å². The number of aromatic nitrogens is 1. The van der Waals surface area contributed by atoms with Gasteiger partial charge in [0.15, 0.2) is 5.58 Å². The maximum atomic E-state index is 11.9. The number of nitrogens with one attached hydrogen (secondary N) is 1. The molecule has 1 heterocycles. The molecule has 8 nitrogen and oxygen atoms in total. The zero-order valence-corrected chi connectivity index (χ0v) is 15.3. The molecular formula is C18H17N3O5S. The van der Waals surface area contributed by atoms with Crippen molar-refractivity contribution in [1.82, 2.24) is 10.3 Å². The van der Waals surface area contributed by atoms with Crippen molar-refractivity contribution >= 4 is 34.5 Å². The van der Waals surface area contributed by atoms with Crippen LogP contribution in [0.1, 0.15) is 5.56 Å². The van der Waals surface area contributed by atoms with Gasteiger partial charge in [-0.05, 0) is 30.7 Å². The third-order valence-electron chi connectivity index (χ3n) is 3.57. The third-order valence-corrected chi connectivity index (χ3v) is 4.40. The summed E-state index contributed by atoms with van der Waals surface area (Å²) < 4.78 is 11.0. The number of oxazole rings is 1. The van der Waals surface area contributed by atoms with Crippen molar-refractivity contribution in [3.63, 3.8) is 0 Å². The van der Waals surface area contributed by atoms with Gasteiger partial charge >= 0.3 is 0 Å². The molecule has 1 N–H and O–H groups in total. The molecule has 0 bridgehead atoms. The molecule has 0 saturated carbocycles. The van der Waals surface area contributed by atoms with Crippen LogP contribution in [0.3, 0.4) is 0 Å². The third kappa shape index (κ3) is 5.20. The standard InChI is InChI=1S/C18H17N3O5S/c1-12-3-2-4-14(9-12)25-8-7-19-17(22)11-27-18-20-15-10-13(21(23)24)5-6-16(15)26-18/h2-6,9-10H,7-8,11H2,1H3,(H,19,22). The number of aryl methyl sites for hydroxylation is 1. The second-order valence-electron chi connectivity index (χ2n) is 5.69. The molecule has 9 heteroatoms. The number of benzene rings is 2. The van der Waals surface area contributed by atoms with Gasteiger partial charge in [0.25, 0.3) is 10.9 Å². The lowest BCUT2D eigenvalue weighted by Crippen LogP contribution is -2.29. The minimum Gasteiger partial charge on any atom is -0.492 e. The zero-order chi connectivity index (χ0) is 19.2. The Morgan fingerprint density at radius 2 is 2.19 bits per heavy atom. The number of nitro groups is 1. The monoisotopic (exact) mass is 387 g/mol. The molecule has 0 spiro atoms. The Morgan fingerprint density at radius 1 is 1.33 bits per heavy atom. The Balaban J connectivity index is 1.43. The fourth-order valence-electron chi connectivity index (χ4n) is 2.31. The number of hydrogen-bond donors (Lipinski definition) is 1. The maximum Gasteiger partial charge on any atom is 0.271 e. The van der Waals surface area contributed by atoms with E-state index in [9.17, 15) is 14.9 Å². The van der Waals surface area contributed by atoms with Crippen LogP contribution < -0.4 is 10.1 Å². The molecule has 1 aromatic heterocycles. The van der Waals surface area contributed by atoms with E-state index in [0.717, 1.165) is 23.1 Å². The molecule has 0 radical (unpaired) electrons. The van der Waals surface area contributed by atoms with Gasteiger partial charge < -0.3 is 14.5 Å². The molecule has 3 rings (SSSR count). The van der Waals surface area contributed by atoms with Crippen LogP contribution in [0.4, 0.5) is 5.69 Å². The van der Waals surface area contributed by atoms with Crippen LogP contribution in [0, 0.1) is 17.0 Å². The first-order valence-corrected chi connectivity index (χ1v) is 9.14. The van der Waals surface area contributed by atoms with Crippen molar-refractivity contribution < 1.29 is 18.9 Å². The van der Waals surface area contributed by atoms with E-state index in [4.69, 9.17) is 9.15 Å². The Bertz CT molecular complexity index is 973. The van der Waals surface area contributed by atoms with Gasteiger partial charge in [-0.25, -0.2) is 4.98 Å². The van der Waals surface area contributed by atoms with Crippen molar-refractivity contribution in [2.24, 2.45) is 0 Å². The normalized spacial score (nSPS) is 10.7. The molecule has 2 aromatic carbocycles. The molecule has 27 heavy (non-hydrogen) atoms. The predicted molar refractivity (Wildman–Crippen MR) is 101 cm³/mol. The van der Waals surface area contributed by atoms with E-state index in [2.05, 4.69) is 10.3 Å². The fourth-order valence-corrected chi connectivity index (χ4v) is 2.98. The first-order chi connectivity index (χ1) is 13.0. The quantitative estimate of drug-likeness (QED) is 0.273. The van der Waals surface area contributed by atoms with Gasteiger partial charge in [-0.3, -0.25) is 14.9 Å². The van der Waals surface area contributed by atoms with Crippen molar-refractivity contribution in [2.45, 2.75) is 12.1 Å². The zero-order valence-electron chi connectivity index (χ0n) is 14.5. The number of carbonyl (C=O) groups excluding carboxylic acids is 1. The largest absolute Gasteiger partial charge is 0.492 e. The molecule has 0 aliphatic rings. The van der Waals surface area contributed by atoms with Gasteiger partial charge in [-0.2, -0.15) is 0 Å². The summed E-state index contributed by atoms with van der Waals surface area (Å²) in [4.78, 5) is 26.3. The molecule has 0 unspecified atom stereocenters. The van der Waals surface area contributed by atoms with E-state index in [0.29, 0.717) is 24.3 Å². The van der Waals surface area contributed by atoms with Crippen LogP contribution in [0.5, 0.6) is 5.75 Å². The maximum absolute atomic E-state index is 11.9. The van der Waals surface area contributed by atoms with Gasteiger partial charge in [-0.15, -0.1) is 0 Å². The smallest absolute Gasteiger partial charge is 0.271 e. The average molecular weight is 387 g/mol. The number of non-ortho nitro benzene ring substituents is 1. The Hall–Kier alpha value is -3.07. The number of amides is 1. The van der Waals surface area contributed by atoms with Gasteiger partial charge in [0.1, 0.15) is 17.9 Å². The highest BCUT2D eigenvalue weighted by molar-refractivity contribution is 7.99. The summed E-state index contributed by atoms with van der Waals surface area (Å²) in [6.07, 6.45) is 0. The van der Waals surface area contributed by atoms with E-state index in [1.807, 2.05) is 31.2 Å². The van der Waals surface area contributed by atoms with Gasteiger partial charge in [0, 0.05) is 12.1 Å². The molecule has 0 aliphatic carbocycles. The molecule has 0 fully saturated rings. The minimum absolute atomic E-state index is 0.0568. The first-order valence-electron chi connectivity index (χ1n) is 8.15. The van der Waals surface area contributed by atoms with Crippen LogP contribution in [-0.2, 0) is 4.79 Å². The fraction of sp³-hybridized carbons (Fsp3) is 0.222. The number of carbonyl (C=O) groups is 1. The number of fused-ring (bicyclic) bond motifs is 1. The van der Waals surface area contributed by atoms with E-state index < -0.39 is 4.92 Å². The molecule has 0 atom stereocenters. The van der Waals surface area contributed by atoms with Gasteiger partial charge in [0.2, 0.25) is 5.91 Å². The second-order valence-corrected chi connectivity index (χ2v) is 6.62. The lowest BCUT2D eigenvalue weighted by atomic mass is 10.2. The average Bonchev–Trinajstić information content (AvgIpc) is 3.05. The molecular weight excluding hydrogens is 370 g/mol. The lowest BCUT2D eigenvalue weighted by Gasteiger charge is -2.07. The first kappa shape index (κ1) is 18.7. The van der Waals surface area contributed by atoms with Crippen LogP contribution in [0.2, 0.25) is 0 Å². The Labute approximate surface area is 159 Å². The van der Waals surface area contributed by atoms with Crippen molar-refractivity contribution in [1.29, 1.82) is 0 Å². The van der Waals surface area contributed by atoms with Crippen molar-refractivity contribution in [2.75, 3.05) is 18.9 Å². The van der Waals surface area contributed by atoms with Gasteiger partial charge in [-0.1, -0.05) is 23.9 Å². The van der Waals surface area contributed by atoms with Crippen molar-refractivity contribution in [3.05, 3.63) is 58.1 Å². The summed E-state index contributed by atoms with van der Waals surface area (Å²) in [5, 5.41) is 13.8. The molecule has 0 aliphatic heterocycles. The summed E-state index contributed by atoms with van der Waals surface area (Å²) in [5.41, 5.74) is 1.88. The highest BCUT2D eigenvalue weighted by atomic mass is 32.2. The second kappa shape index (κ2) is 8.54. The van der Waals surface area contributed by atoms with E-state index >= 15 is 0 Å². The highest BCUT2D eigenvalue weighted by Crippen LogP contribution is 2.26. The number of hydrogen-bond acceptors (Lipinski definition) is 7. The number of nitro benzene ring substituents is 1. The van der Waals surface area contributed by atoms with Crippen LogP contribution >= 0.6 is 11.8 Å². The predicted octanol–water partition coefficient (Wildman–Crippen LogP) is 3.33. The summed E-state index contributed by atoms with van der Waals surface area (Å²) in [7, 11) is 0. The van der Waals surface area contributed by atoms with E-state index in [1.54, 1.807) is 0 Å². The molecule has 0 saturated heterocycles. The molecule has 1 amide bonds. The Morgan fingerprint density at radius 3 is 2.96 bits per heavy atom. The number of ether oxygens (including phenoxy) is 1. The Kier molecular flexibility index (Phi) is 5.92. The SMILES string of the molecule is Cc1cccc(OCCNC(=O)CSc2nc3cc([N+](=O)[O-])ccc3o2)c1. The summed E-state index contributed by atoms with van der Waals surface area (Å²) in [5.74, 6) is 0.708. The van der Waals surface area contributed by atoms with Crippen molar-refractivity contribution in [3.8, 4) is 5.75 Å². The van der Waals surface area contributed by atoms with Gasteiger partial charge in [0.05, 0.1) is 17.2 Å². The number of rotatable bonds is 8. The van der Waals surface area contributed by atoms with E-state index in [-0.39, 0.29) is 22.6 Å². The highest BCUT2D eigenvalue weighted by Gasteiger charge is 2.13. The number of nitrogens with zero attached hydrogens (tertiary/aromatic N) is 2. The summed E-state index contributed by atoms with van der Waals surface area (Å²) in [6, 6.07) is 11.9. The number of thioether (sulfide) groups is 1. The minimum atomic E-state index is -0.493. The molecule has 140 valence electrons. The van der Waals surface area contributed by atoms with E-state index in [1.165, 1.54) is 18.2 Å². The summed E-state index contributed by atoms with van der Waals surface area (Å²) >= 11 is 1.12. The topological polar surface area (TPSA) is 108 Å². The summed E-state index contributed by atoms with van der Waals surface area (Å²) in [6.45, 7) is 2.73. The van der Waals surface area contributed by atoms with Crippen LogP contribution in [0.15, 0.2) is 52.1 Å². The lowest BCUT2D eigenvalue weighted by molar-refractivity contribution is -0.384. The molecule has 3 aromatic rings. The van der Waals surface area contributed by atoms with Crippen LogP contribution in [0.25, 0.3) is 11.1 Å².